The monoisotopic (exact) mass is 329 g/mol. The molecule has 19 heavy (non-hydrogen) atoms. The van der Waals surface area contributed by atoms with Gasteiger partial charge in [-0.3, -0.25) is 4.90 Å². The van der Waals surface area contributed by atoms with Crippen LogP contribution in [-0.2, 0) is 11.3 Å². The number of hydrogen-bond donors (Lipinski definition) is 1. The van der Waals surface area contributed by atoms with Crippen molar-refractivity contribution in [1.82, 2.24) is 4.90 Å². The molecule has 0 bridgehead atoms. The van der Waals surface area contributed by atoms with Gasteiger partial charge in [-0.05, 0) is 47.0 Å². The number of phenolic OH excluding ortho intramolecular Hbond substituents is 1. The van der Waals surface area contributed by atoms with Crippen LogP contribution in [0.15, 0.2) is 16.6 Å². The second-order valence-electron chi connectivity index (χ2n) is 4.74. The molecule has 1 aliphatic heterocycles. The zero-order valence-corrected chi connectivity index (χ0v) is 12.9. The van der Waals surface area contributed by atoms with E-state index in [1.807, 2.05) is 19.1 Å². The minimum Gasteiger partial charge on any atom is -0.503 e. The normalized spacial score (nSPS) is 19.8. The second-order valence-corrected chi connectivity index (χ2v) is 5.59. The van der Waals surface area contributed by atoms with E-state index < -0.39 is 0 Å². The third-order valence-corrected chi connectivity index (χ3v) is 3.96. The average Bonchev–Trinajstić information content (AvgIpc) is 2.83. The Hall–Kier alpha value is -0.780. The SMILES string of the molecule is CCOc1cc(CN2CCC(OC)C2)cc(Br)c1O. The summed E-state index contributed by atoms with van der Waals surface area (Å²) in [6.07, 6.45) is 1.42. The minimum atomic E-state index is 0.168. The van der Waals surface area contributed by atoms with Crippen LogP contribution in [0.1, 0.15) is 18.9 Å². The molecular weight excluding hydrogens is 310 g/mol. The quantitative estimate of drug-likeness (QED) is 0.901. The number of nitrogens with zero attached hydrogens (tertiary/aromatic N) is 1. The number of ether oxygens (including phenoxy) is 2. The molecule has 0 spiro atoms. The summed E-state index contributed by atoms with van der Waals surface area (Å²) in [5.41, 5.74) is 1.13. The molecule has 1 atom stereocenters. The van der Waals surface area contributed by atoms with Gasteiger partial charge in [0.1, 0.15) is 0 Å². The predicted molar refractivity (Wildman–Crippen MR) is 77.7 cm³/mol. The Labute approximate surface area is 122 Å². The lowest BCUT2D eigenvalue weighted by Crippen LogP contribution is -2.22. The lowest BCUT2D eigenvalue weighted by Gasteiger charge is -2.17. The van der Waals surface area contributed by atoms with Crippen LogP contribution in [0.5, 0.6) is 11.5 Å². The van der Waals surface area contributed by atoms with Gasteiger partial charge in [0, 0.05) is 26.7 Å². The Morgan fingerprint density at radius 2 is 2.26 bits per heavy atom. The molecule has 106 valence electrons. The molecule has 1 aromatic rings. The van der Waals surface area contributed by atoms with Crippen LogP contribution in [-0.4, -0.2) is 42.9 Å². The summed E-state index contributed by atoms with van der Waals surface area (Å²) in [6.45, 7) is 5.29. The Kier molecular flexibility index (Phi) is 5.07. The van der Waals surface area contributed by atoms with Crippen molar-refractivity contribution in [3.63, 3.8) is 0 Å². The van der Waals surface area contributed by atoms with E-state index in [0.717, 1.165) is 31.6 Å². The fourth-order valence-electron chi connectivity index (χ4n) is 2.38. The molecule has 1 fully saturated rings. The van der Waals surface area contributed by atoms with Crippen LogP contribution in [0.25, 0.3) is 0 Å². The molecule has 4 nitrogen and oxygen atoms in total. The largest absolute Gasteiger partial charge is 0.503 e. The van der Waals surface area contributed by atoms with Crippen molar-refractivity contribution in [2.24, 2.45) is 0 Å². The molecule has 1 saturated heterocycles. The molecule has 0 amide bonds. The Bertz CT molecular complexity index is 439. The maximum atomic E-state index is 9.89. The van der Waals surface area contributed by atoms with Gasteiger partial charge in [-0.15, -0.1) is 0 Å². The topological polar surface area (TPSA) is 41.9 Å². The molecule has 0 radical (unpaired) electrons. The van der Waals surface area contributed by atoms with E-state index in [-0.39, 0.29) is 5.75 Å². The van der Waals surface area contributed by atoms with E-state index in [4.69, 9.17) is 9.47 Å². The number of rotatable bonds is 5. The molecule has 1 aliphatic rings. The number of aromatic hydroxyl groups is 1. The maximum Gasteiger partial charge on any atom is 0.172 e. The summed E-state index contributed by atoms with van der Waals surface area (Å²) in [6, 6.07) is 3.85. The second kappa shape index (κ2) is 6.59. The van der Waals surface area contributed by atoms with Gasteiger partial charge in [-0.25, -0.2) is 0 Å². The first-order chi connectivity index (χ1) is 9.13. The predicted octanol–water partition coefficient (Wildman–Crippen LogP) is 2.77. The van der Waals surface area contributed by atoms with Crippen LogP contribution >= 0.6 is 15.9 Å². The van der Waals surface area contributed by atoms with Crippen molar-refractivity contribution in [3.8, 4) is 11.5 Å². The van der Waals surface area contributed by atoms with E-state index in [1.54, 1.807) is 7.11 Å². The third-order valence-electron chi connectivity index (χ3n) is 3.36. The first-order valence-electron chi connectivity index (χ1n) is 6.53. The number of phenols is 1. The van der Waals surface area contributed by atoms with Gasteiger partial charge in [-0.1, -0.05) is 0 Å². The molecule has 1 N–H and O–H groups in total. The Balaban J connectivity index is 2.08. The van der Waals surface area contributed by atoms with Gasteiger partial charge in [0.25, 0.3) is 0 Å². The lowest BCUT2D eigenvalue weighted by molar-refractivity contribution is 0.107. The van der Waals surface area contributed by atoms with Crippen molar-refractivity contribution in [3.05, 3.63) is 22.2 Å². The molecule has 2 rings (SSSR count). The summed E-state index contributed by atoms with van der Waals surface area (Å²) in [5, 5.41) is 9.89. The van der Waals surface area contributed by atoms with Crippen LogP contribution in [0, 0.1) is 0 Å². The summed E-state index contributed by atoms with van der Waals surface area (Å²) in [4.78, 5) is 2.35. The Morgan fingerprint density at radius 1 is 1.47 bits per heavy atom. The maximum absolute atomic E-state index is 9.89. The van der Waals surface area contributed by atoms with E-state index in [1.165, 1.54) is 0 Å². The van der Waals surface area contributed by atoms with Crippen molar-refractivity contribution >= 4 is 15.9 Å². The summed E-state index contributed by atoms with van der Waals surface area (Å²) < 4.78 is 11.5. The van der Waals surface area contributed by atoms with Gasteiger partial charge in [0.15, 0.2) is 11.5 Å². The molecule has 1 heterocycles. The molecule has 1 unspecified atom stereocenters. The highest BCUT2D eigenvalue weighted by atomic mass is 79.9. The van der Waals surface area contributed by atoms with Gasteiger partial charge < -0.3 is 14.6 Å². The Morgan fingerprint density at radius 3 is 2.89 bits per heavy atom. The van der Waals surface area contributed by atoms with E-state index in [0.29, 0.717) is 22.9 Å². The number of halogens is 1. The smallest absolute Gasteiger partial charge is 0.172 e. The van der Waals surface area contributed by atoms with Gasteiger partial charge in [0.05, 0.1) is 17.2 Å². The van der Waals surface area contributed by atoms with Crippen molar-refractivity contribution in [2.75, 3.05) is 26.8 Å². The van der Waals surface area contributed by atoms with E-state index >= 15 is 0 Å². The standard InChI is InChI=1S/C14H20BrNO3/c1-3-19-13-7-10(6-12(15)14(13)17)8-16-5-4-11(9-16)18-2/h6-7,11,17H,3-5,8-9H2,1-2H3. The molecule has 5 heteroatoms. The van der Waals surface area contributed by atoms with Crippen LogP contribution in [0.4, 0.5) is 0 Å². The first kappa shape index (κ1) is 14.6. The highest BCUT2D eigenvalue weighted by Gasteiger charge is 2.22. The molecule has 0 aliphatic carbocycles. The highest BCUT2D eigenvalue weighted by molar-refractivity contribution is 9.10. The summed E-state index contributed by atoms with van der Waals surface area (Å²) in [7, 11) is 1.76. The van der Waals surface area contributed by atoms with E-state index in [9.17, 15) is 5.11 Å². The lowest BCUT2D eigenvalue weighted by atomic mass is 10.2. The third kappa shape index (κ3) is 3.61. The minimum absolute atomic E-state index is 0.168. The zero-order valence-electron chi connectivity index (χ0n) is 11.4. The summed E-state index contributed by atoms with van der Waals surface area (Å²) in [5.74, 6) is 0.705. The number of hydrogen-bond acceptors (Lipinski definition) is 4. The van der Waals surface area contributed by atoms with Crippen molar-refractivity contribution in [2.45, 2.75) is 26.0 Å². The number of benzene rings is 1. The van der Waals surface area contributed by atoms with Crippen molar-refractivity contribution < 1.29 is 14.6 Å². The van der Waals surface area contributed by atoms with Gasteiger partial charge >= 0.3 is 0 Å². The highest BCUT2D eigenvalue weighted by Crippen LogP contribution is 2.36. The molecular formula is C14H20BrNO3. The fraction of sp³-hybridized carbons (Fsp3) is 0.571. The van der Waals surface area contributed by atoms with Crippen LogP contribution in [0.2, 0.25) is 0 Å². The number of methoxy groups -OCH3 is 1. The van der Waals surface area contributed by atoms with E-state index in [2.05, 4.69) is 20.8 Å². The van der Waals surface area contributed by atoms with Gasteiger partial charge in [0.2, 0.25) is 0 Å². The summed E-state index contributed by atoms with van der Waals surface area (Å²) >= 11 is 3.37. The first-order valence-corrected chi connectivity index (χ1v) is 7.32. The fourth-order valence-corrected chi connectivity index (χ4v) is 2.86. The van der Waals surface area contributed by atoms with Crippen LogP contribution in [0.3, 0.4) is 0 Å². The van der Waals surface area contributed by atoms with Crippen LogP contribution < -0.4 is 4.74 Å². The van der Waals surface area contributed by atoms with Gasteiger partial charge in [-0.2, -0.15) is 0 Å². The average molecular weight is 330 g/mol. The molecule has 0 aromatic heterocycles. The molecule has 1 aromatic carbocycles. The molecule has 0 saturated carbocycles. The zero-order chi connectivity index (χ0) is 13.8. The number of likely N-dealkylation sites (tertiary alicyclic amines) is 1. The van der Waals surface area contributed by atoms with Crippen molar-refractivity contribution in [1.29, 1.82) is 0 Å².